The summed E-state index contributed by atoms with van der Waals surface area (Å²) in [6.45, 7) is 4.92. The lowest BCUT2D eigenvalue weighted by Gasteiger charge is -2.06. The lowest BCUT2D eigenvalue weighted by molar-refractivity contribution is -0.116. The Hall–Kier alpha value is -1.64. The fourth-order valence-electron chi connectivity index (χ4n) is 2.66. The number of carbonyl (C=O) groups is 1. The van der Waals surface area contributed by atoms with Crippen LogP contribution in [-0.2, 0) is 17.9 Å². The van der Waals surface area contributed by atoms with Gasteiger partial charge in [-0.05, 0) is 57.3 Å². The Bertz CT molecular complexity index is 982. The van der Waals surface area contributed by atoms with Gasteiger partial charge in [0.15, 0.2) is 5.82 Å². The Balaban J connectivity index is 1.62. The zero-order valence-electron chi connectivity index (χ0n) is 14.8. The van der Waals surface area contributed by atoms with E-state index in [1.807, 2.05) is 49.0 Å². The van der Waals surface area contributed by atoms with Crippen LogP contribution in [0.2, 0.25) is 5.02 Å². The number of halogens is 3. The SMILES string of the molecule is Cc1nn(CCC(=O)Nc2nn(Cc3ccccc3Cl)cc2Br)c(C)c1Br. The van der Waals surface area contributed by atoms with Crippen molar-refractivity contribution in [2.24, 2.45) is 0 Å². The van der Waals surface area contributed by atoms with E-state index >= 15 is 0 Å². The largest absolute Gasteiger partial charge is 0.308 e. The first kappa shape index (κ1) is 20.1. The van der Waals surface area contributed by atoms with Crippen LogP contribution >= 0.6 is 43.5 Å². The van der Waals surface area contributed by atoms with Crippen LogP contribution in [0.25, 0.3) is 0 Å². The molecule has 2 aromatic heterocycles. The molecule has 142 valence electrons. The molecule has 0 spiro atoms. The van der Waals surface area contributed by atoms with E-state index in [0.29, 0.717) is 30.4 Å². The second kappa shape index (κ2) is 8.58. The second-order valence-corrected chi connectivity index (χ2v) is 8.18. The summed E-state index contributed by atoms with van der Waals surface area (Å²) in [5.74, 6) is 0.365. The molecule has 0 saturated heterocycles. The molecule has 1 N–H and O–H groups in total. The van der Waals surface area contributed by atoms with Crippen molar-refractivity contribution in [3.8, 4) is 0 Å². The monoisotopic (exact) mass is 513 g/mol. The molecule has 1 aromatic carbocycles. The molecule has 0 radical (unpaired) electrons. The molecular weight excluding hydrogens is 497 g/mol. The van der Waals surface area contributed by atoms with Crippen molar-refractivity contribution in [1.82, 2.24) is 19.6 Å². The number of aromatic nitrogens is 4. The van der Waals surface area contributed by atoms with Crippen molar-refractivity contribution < 1.29 is 4.79 Å². The maximum absolute atomic E-state index is 12.3. The third-order valence-electron chi connectivity index (χ3n) is 4.11. The number of nitrogens with one attached hydrogen (secondary N) is 1. The fourth-order valence-corrected chi connectivity index (χ4v) is 3.55. The Kier molecular flexibility index (Phi) is 6.39. The number of benzene rings is 1. The van der Waals surface area contributed by atoms with Gasteiger partial charge in [-0.3, -0.25) is 14.2 Å². The van der Waals surface area contributed by atoms with E-state index in [4.69, 9.17) is 11.6 Å². The average Bonchev–Trinajstić information content (AvgIpc) is 3.09. The summed E-state index contributed by atoms with van der Waals surface area (Å²) in [4.78, 5) is 12.3. The fraction of sp³-hybridized carbons (Fsp3) is 0.278. The van der Waals surface area contributed by atoms with E-state index in [2.05, 4.69) is 47.4 Å². The summed E-state index contributed by atoms with van der Waals surface area (Å²) in [5, 5.41) is 12.4. The molecule has 0 saturated carbocycles. The van der Waals surface area contributed by atoms with Crippen molar-refractivity contribution in [3.05, 3.63) is 61.4 Å². The molecule has 9 heteroatoms. The first-order chi connectivity index (χ1) is 12.8. The Morgan fingerprint density at radius 1 is 1.22 bits per heavy atom. The van der Waals surface area contributed by atoms with Gasteiger partial charge >= 0.3 is 0 Å². The molecule has 3 rings (SSSR count). The van der Waals surface area contributed by atoms with E-state index in [-0.39, 0.29) is 5.91 Å². The molecule has 1 amide bonds. The summed E-state index contributed by atoms with van der Waals surface area (Å²) in [6.07, 6.45) is 2.12. The molecule has 0 unspecified atom stereocenters. The number of hydrogen-bond donors (Lipinski definition) is 1. The van der Waals surface area contributed by atoms with E-state index in [9.17, 15) is 4.79 Å². The molecule has 3 aromatic rings. The van der Waals surface area contributed by atoms with Crippen LogP contribution in [0.1, 0.15) is 23.4 Å². The van der Waals surface area contributed by atoms with Gasteiger partial charge in [-0.2, -0.15) is 10.2 Å². The third kappa shape index (κ3) is 4.80. The molecule has 0 aliphatic heterocycles. The number of anilines is 1. The van der Waals surface area contributed by atoms with Crippen molar-refractivity contribution >= 4 is 55.2 Å². The number of nitrogens with zero attached hydrogens (tertiary/aromatic N) is 4. The van der Waals surface area contributed by atoms with Gasteiger partial charge in [0.05, 0.1) is 27.7 Å². The minimum atomic E-state index is -0.123. The van der Waals surface area contributed by atoms with Gasteiger partial charge in [0, 0.05) is 23.3 Å². The van der Waals surface area contributed by atoms with Gasteiger partial charge in [0.2, 0.25) is 5.91 Å². The zero-order chi connectivity index (χ0) is 19.6. The standard InChI is InChI=1S/C18H18Br2ClN5O/c1-11-17(20)12(2)26(23-11)8-7-16(27)22-18-14(19)10-25(24-18)9-13-5-3-4-6-15(13)21/h3-6,10H,7-9H2,1-2H3,(H,22,24,27). The van der Waals surface area contributed by atoms with Gasteiger partial charge in [-0.15, -0.1) is 0 Å². The normalized spacial score (nSPS) is 11.0. The number of aryl methyl sites for hydroxylation is 2. The minimum Gasteiger partial charge on any atom is -0.308 e. The summed E-state index contributed by atoms with van der Waals surface area (Å²) in [7, 11) is 0. The minimum absolute atomic E-state index is 0.123. The Morgan fingerprint density at radius 3 is 2.63 bits per heavy atom. The predicted octanol–water partition coefficient (Wildman–Crippen LogP) is 4.95. The van der Waals surface area contributed by atoms with Gasteiger partial charge < -0.3 is 5.32 Å². The Labute approximate surface area is 179 Å². The smallest absolute Gasteiger partial charge is 0.227 e. The second-order valence-electron chi connectivity index (χ2n) is 6.12. The highest BCUT2D eigenvalue weighted by Gasteiger charge is 2.13. The number of hydrogen-bond acceptors (Lipinski definition) is 3. The topological polar surface area (TPSA) is 64.7 Å². The highest BCUT2D eigenvalue weighted by molar-refractivity contribution is 9.11. The zero-order valence-corrected chi connectivity index (χ0v) is 18.8. The van der Waals surface area contributed by atoms with Crippen LogP contribution in [-0.4, -0.2) is 25.5 Å². The summed E-state index contributed by atoms with van der Waals surface area (Å²) < 4.78 is 5.25. The molecule has 0 bridgehead atoms. The van der Waals surface area contributed by atoms with Crippen LogP contribution < -0.4 is 5.32 Å². The van der Waals surface area contributed by atoms with Gasteiger partial charge in [0.25, 0.3) is 0 Å². The highest BCUT2D eigenvalue weighted by Crippen LogP contribution is 2.23. The van der Waals surface area contributed by atoms with Crippen LogP contribution in [0, 0.1) is 13.8 Å². The molecule has 0 fully saturated rings. The maximum atomic E-state index is 12.3. The van der Waals surface area contributed by atoms with E-state index in [1.165, 1.54) is 0 Å². The molecule has 6 nitrogen and oxygen atoms in total. The quantitative estimate of drug-likeness (QED) is 0.505. The van der Waals surface area contributed by atoms with Crippen LogP contribution in [0.15, 0.2) is 39.4 Å². The average molecular weight is 516 g/mol. The number of carbonyl (C=O) groups excluding carboxylic acids is 1. The van der Waals surface area contributed by atoms with Crippen LogP contribution in [0.4, 0.5) is 5.82 Å². The summed E-state index contributed by atoms with van der Waals surface area (Å²) in [6, 6.07) is 7.61. The van der Waals surface area contributed by atoms with Crippen molar-refractivity contribution in [1.29, 1.82) is 0 Å². The van der Waals surface area contributed by atoms with Crippen LogP contribution in [0.3, 0.4) is 0 Å². The number of rotatable bonds is 6. The van der Waals surface area contributed by atoms with Crippen molar-refractivity contribution in [2.75, 3.05) is 5.32 Å². The molecule has 0 aliphatic carbocycles. The van der Waals surface area contributed by atoms with Crippen molar-refractivity contribution in [3.63, 3.8) is 0 Å². The lowest BCUT2D eigenvalue weighted by Crippen LogP contribution is -2.16. The number of amides is 1. The van der Waals surface area contributed by atoms with E-state index < -0.39 is 0 Å². The molecule has 2 heterocycles. The van der Waals surface area contributed by atoms with Gasteiger partial charge in [0.1, 0.15) is 0 Å². The molecule has 0 aliphatic rings. The third-order valence-corrected chi connectivity index (χ3v) is 6.21. The molecular formula is C18H18Br2ClN5O. The predicted molar refractivity (Wildman–Crippen MR) is 113 cm³/mol. The van der Waals surface area contributed by atoms with Gasteiger partial charge in [-0.25, -0.2) is 0 Å². The molecule has 0 atom stereocenters. The molecule has 27 heavy (non-hydrogen) atoms. The summed E-state index contributed by atoms with van der Waals surface area (Å²) >= 11 is 13.1. The first-order valence-corrected chi connectivity index (χ1v) is 10.3. The summed E-state index contributed by atoms with van der Waals surface area (Å²) in [5.41, 5.74) is 2.88. The lowest BCUT2D eigenvalue weighted by atomic mass is 10.2. The van der Waals surface area contributed by atoms with Gasteiger partial charge in [-0.1, -0.05) is 29.8 Å². The Morgan fingerprint density at radius 2 is 1.96 bits per heavy atom. The van der Waals surface area contributed by atoms with Crippen molar-refractivity contribution in [2.45, 2.75) is 33.4 Å². The maximum Gasteiger partial charge on any atom is 0.227 e. The first-order valence-electron chi connectivity index (χ1n) is 8.31. The van der Waals surface area contributed by atoms with E-state index in [0.717, 1.165) is 25.9 Å². The van der Waals surface area contributed by atoms with Crippen LogP contribution in [0.5, 0.6) is 0 Å². The highest BCUT2D eigenvalue weighted by atomic mass is 79.9. The van der Waals surface area contributed by atoms with E-state index in [1.54, 1.807) is 4.68 Å².